The van der Waals surface area contributed by atoms with Gasteiger partial charge < -0.3 is 47.4 Å². The maximum absolute atomic E-state index is 5.43. The Hall–Kier alpha value is 0.0800. The molecular weight excluding hydrogens is 480 g/mol. The highest BCUT2D eigenvalue weighted by atomic mass is 79.9. The van der Waals surface area contributed by atoms with Crippen LogP contribution in [0.2, 0.25) is 0 Å². The summed E-state index contributed by atoms with van der Waals surface area (Å²) >= 11 is 3.29. The lowest BCUT2D eigenvalue weighted by Gasteiger charge is -2.13. The first kappa shape index (κ1) is 31.1. The van der Waals surface area contributed by atoms with Crippen molar-refractivity contribution in [3.63, 3.8) is 0 Å². The number of hydrogen-bond acceptors (Lipinski definition) is 10. The number of halogens is 1. The van der Waals surface area contributed by atoms with Gasteiger partial charge in [-0.05, 0) is 0 Å². The first-order valence-electron chi connectivity index (χ1n) is 10.6. The average Bonchev–Trinajstić information content (AvgIpc) is 2.79. The van der Waals surface area contributed by atoms with E-state index in [4.69, 9.17) is 47.4 Å². The molecule has 0 radical (unpaired) electrons. The molecule has 10 nitrogen and oxygen atoms in total. The highest BCUT2D eigenvalue weighted by molar-refractivity contribution is 9.09. The van der Waals surface area contributed by atoms with Crippen LogP contribution < -0.4 is 0 Å². The van der Waals surface area contributed by atoms with Gasteiger partial charge >= 0.3 is 0 Å². The Balaban J connectivity index is 3.04. The zero-order chi connectivity index (χ0) is 22.7. The molecule has 11 heteroatoms. The smallest absolute Gasteiger partial charge is 0.180 e. The Bertz CT molecular complexity index is 324. The second-order valence-electron chi connectivity index (χ2n) is 5.95. The standard InChI is InChI=1S/C20H41BrO10/c1-22-20(23-2)19-31-18-17-30-16-15-29-14-13-28-12-11-27-10-9-26-8-7-25-6-5-24-4-3-21/h20H,3-19H2,1-2H3. The van der Waals surface area contributed by atoms with Crippen molar-refractivity contribution in [2.24, 2.45) is 0 Å². The van der Waals surface area contributed by atoms with Crippen molar-refractivity contribution in [3.8, 4) is 0 Å². The predicted octanol–water partition coefficient (Wildman–Crippen LogP) is 1.13. The van der Waals surface area contributed by atoms with Crippen LogP contribution in [-0.2, 0) is 47.4 Å². The average molecular weight is 521 g/mol. The van der Waals surface area contributed by atoms with E-state index in [1.54, 1.807) is 14.2 Å². The van der Waals surface area contributed by atoms with Crippen molar-refractivity contribution in [2.45, 2.75) is 6.29 Å². The Kier molecular flexibility index (Phi) is 28.2. The lowest BCUT2D eigenvalue weighted by atomic mass is 10.6. The second-order valence-corrected chi connectivity index (χ2v) is 6.74. The van der Waals surface area contributed by atoms with Crippen LogP contribution in [0.4, 0.5) is 0 Å². The van der Waals surface area contributed by atoms with Crippen molar-refractivity contribution in [1.29, 1.82) is 0 Å². The third-order valence-corrected chi connectivity index (χ3v) is 3.93. The molecule has 0 aliphatic carbocycles. The summed E-state index contributed by atoms with van der Waals surface area (Å²) in [4.78, 5) is 0. The van der Waals surface area contributed by atoms with Crippen LogP contribution >= 0.6 is 15.9 Å². The maximum Gasteiger partial charge on any atom is 0.180 e. The van der Waals surface area contributed by atoms with Gasteiger partial charge in [-0.15, -0.1) is 0 Å². The maximum atomic E-state index is 5.43. The number of ether oxygens (including phenoxy) is 10. The molecule has 0 aliphatic heterocycles. The summed E-state index contributed by atoms with van der Waals surface area (Å²) in [5.41, 5.74) is 0. The van der Waals surface area contributed by atoms with Gasteiger partial charge in [0, 0.05) is 19.5 Å². The van der Waals surface area contributed by atoms with E-state index in [0.29, 0.717) is 106 Å². The molecule has 0 bridgehead atoms. The molecule has 0 fully saturated rings. The molecule has 0 spiro atoms. The molecule has 0 saturated heterocycles. The van der Waals surface area contributed by atoms with E-state index in [9.17, 15) is 0 Å². The lowest BCUT2D eigenvalue weighted by Crippen LogP contribution is -2.21. The van der Waals surface area contributed by atoms with Gasteiger partial charge in [0.1, 0.15) is 0 Å². The zero-order valence-corrected chi connectivity index (χ0v) is 20.6. The second kappa shape index (κ2) is 28.1. The van der Waals surface area contributed by atoms with E-state index < -0.39 is 0 Å². The van der Waals surface area contributed by atoms with Crippen molar-refractivity contribution >= 4 is 15.9 Å². The van der Waals surface area contributed by atoms with Gasteiger partial charge in [0.15, 0.2) is 6.29 Å². The molecule has 31 heavy (non-hydrogen) atoms. The fourth-order valence-corrected chi connectivity index (χ4v) is 2.23. The van der Waals surface area contributed by atoms with E-state index >= 15 is 0 Å². The summed E-state index contributed by atoms with van der Waals surface area (Å²) in [7, 11) is 3.14. The van der Waals surface area contributed by atoms with E-state index in [2.05, 4.69) is 15.9 Å². The molecule has 0 aromatic heterocycles. The predicted molar refractivity (Wildman–Crippen MR) is 118 cm³/mol. The molecular formula is C20H41BrO10. The fraction of sp³-hybridized carbons (Fsp3) is 1.00. The van der Waals surface area contributed by atoms with Crippen molar-refractivity contribution in [1.82, 2.24) is 0 Å². The quantitative estimate of drug-likeness (QED) is 0.0890. The van der Waals surface area contributed by atoms with Gasteiger partial charge in [-0.2, -0.15) is 0 Å². The molecule has 0 amide bonds. The van der Waals surface area contributed by atoms with Crippen molar-refractivity contribution in [3.05, 3.63) is 0 Å². The van der Waals surface area contributed by atoms with Gasteiger partial charge in [-0.1, -0.05) is 15.9 Å². The van der Waals surface area contributed by atoms with Crippen LogP contribution in [-0.4, -0.2) is 132 Å². The largest absolute Gasteiger partial charge is 0.378 e. The minimum absolute atomic E-state index is 0.341. The molecule has 0 aliphatic rings. The highest BCUT2D eigenvalue weighted by Crippen LogP contribution is 1.92. The Morgan fingerprint density at radius 2 is 0.677 bits per heavy atom. The molecule has 0 heterocycles. The Labute approximate surface area is 195 Å². The van der Waals surface area contributed by atoms with E-state index in [-0.39, 0.29) is 6.29 Å². The minimum atomic E-state index is -0.341. The fourth-order valence-electron chi connectivity index (χ4n) is 2.01. The number of hydrogen-bond donors (Lipinski definition) is 0. The van der Waals surface area contributed by atoms with Gasteiger partial charge in [0.05, 0.1) is 106 Å². The van der Waals surface area contributed by atoms with E-state index in [0.717, 1.165) is 5.33 Å². The van der Waals surface area contributed by atoms with Gasteiger partial charge in [-0.3, -0.25) is 0 Å². The highest BCUT2D eigenvalue weighted by Gasteiger charge is 2.03. The molecule has 0 atom stereocenters. The number of rotatable bonds is 27. The van der Waals surface area contributed by atoms with Crippen LogP contribution in [0.15, 0.2) is 0 Å². The molecule has 0 rings (SSSR count). The van der Waals surface area contributed by atoms with Crippen LogP contribution in [0.25, 0.3) is 0 Å². The lowest BCUT2D eigenvalue weighted by molar-refractivity contribution is -0.143. The topological polar surface area (TPSA) is 92.3 Å². The van der Waals surface area contributed by atoms with Crippen LogP contribution in [0.1, 0.15) is 0 Å². The number of alkyl halides is 1. The normalized spacial score (nSPS) is 11.6. The Morgan fingerprint density at radius 3 is 0.935 bits per heavy atom. The number of methoxy groups -OCH3 is 2. The monoisotopic (exact) mass is 520 g/mol. The van der Waals surface area contributed by atoms with Crippen LogP contribution in [0.3, 0.4) is 0 Å². The van der Waals surface area contributed by atoms with Gasteiger partial charge in [-0.25, -0.2) is 0 Å². The van der Waals surface area contributed by atoms with Gasteiger partial charge in [0.2, 0.25) is 0 Å². The first-order valence-corrected chi connectivity index (χ1v) is 11.7. The Morgan fingerprint density at radius 1 is 0.419 bits per heavy atom. The zero-order valence-electron chi connectivity index (χ0n) is 19.1. The summed E-state index contributed by atoms with van der Waals surface area (Å²) in [6.07, 6.45) is -0.341. The van der Waals surface area contributed by atoms with Crippen molar-refractivity contribution < 1.29 is 47.4 Å². The molecule has 0 N–H and O–H groups in total. The molecule has 188 valence electrons. The molecule has 0 aromatic rings. The molecule has 0 unspecified atom stereocenters. The van der Waals surface area contributed by atoms with Crippen LogP contribution in [0, 0.1) is 0 Å². The third-order valence-electron chi connectivity index (χ3n) is 3.61. The summed E-state index contributed by atoms with van der Waals surface area (Å²) in [6, 6.07) is 0. The summed E-state index contributed by atoms with van der Waals surface area (Å²) in [5.74, 6) is 0. The van der Waals surface area contributed by atoms with Crippen LogP contribution in [0.5, 0.6) is 0 Å². The van der Waals surface area contributed by atoms with E-state index in [1.165, 1.54) is 0 Å². The van der Waals surface area contributed by atoms with Gasteiger partial charge in [0.25, 0.3) is 0 Å². The van der Waals surface area contributed by atoms with E-state index in [1.807, 2.05) is 0 Å². The SMILES string of the molecule is COC(COCCOCCOCCOCCOCCOCCOCCOCCBr)OC. The minimum Gasteiger partial charge on any atom is -0.378 e. The summed E-state index contributed by atoms with van der Waals surface area (Å²) in [5, 5.41) is 0.842. The molecule has 0 aromatic carbocycles. The van der Waals surface area contributed by atoms with Crippen molar-refractivity contribution in [2.75, 3.05) is 125 Å². The molecule has 0 saturated carbocycles. The summed E-state index contributed by atoms with van der Waals surface area (Å²) in [6.45, 7) is 8.57. The first-order chi connectivity index (χ1) is 15.3. The third kappa shape index (κ3) is 26.2. The summed E-state index contributed by atoms with van der Waals surface area (Å²) < 4.78 is 53.1.